The van der Waals surface area contributed by atoms with E-state index in [4.69, 9.17) is 11.6 Å². The molecule has 0 unspecified atom stereocenters. The molecule has 0 bridgehead atoms. The lowest BCUT2D eigenvalue weighted by molar-refractivity contribution is -0.144. The van der Waals surface area contributed by atoms with Crippen LogP contribution in [0.5, 0.6) is 0 Å². The topological polar surface area (TPSA) is 76.9 Å². The summed E-state index contributed by atoms with van der Waals surface area (Å²) in [7, 11) is -3.80. The van der Waals surface area contributed by atoms with E-state index in [1.807, 2.05) is 0 Å². The molecule has 1 heterocycles. The summed E-state index contributed by atoms with van der Waals surface area (Å²) >= 11 is 6.00. The van der Waals surface area contributed by atoms with Crippen molar-refractivity contribution in [1.29, 1.82) is 0 Å². The number of benzene rings is 1. The molecule has 0 amide bonds. The predicted octanol–water partition coefficient (Wildman–Crippen LogP) is 3.20. The molecule has 1 aromatic heterocycles. The van der Waals surface area contributed by atoms with Crippen molar-refractivity contribution < 1.29 is 25.5 Å². The molecule has 132 valence electrons. The van der Waals surface area contributed by atoms with E-state index in [0.717, 1.165) is 12.1 Å². The molecule has 0 aliphatic heterocycles. The summed E-state index contributed by atoms with van der Waals surface area (Å²) in [4.78, 5) is 2.58. The number of nitrogens with one attached hydrogen (secondary N) is 1. The van der Waals surface area contributed by atoms with Gasteiger partial charge in [-0.1, -0.05) is 18.5 Å². The second-order valence-corrected chi connectivity index (χ2v) is 6.34. The average molecular weight is 387 g/mol. The molecule has 2 rings (SSSR count). The van der Waals surface area contributed by atoms with Crippen molar-refractivity contribution in [1.82, 2.24) is 14.8 Å². The number of nitrogens with zero attached hydrogens (tertiary/aromatic N) is 3. The van der Waals surface area contributed by atoms with Crippen LogP contribution < -0.4 is 5.32 Å². The summed E-state index contributed by atoms with van der Waals surface area (Å²) < 4.78 is 75.0. The molecular formula is C12H11ClF4N4O2S. The Morgan fingerprint density at radius 2 is 1.96 bits per heavy atom. The molecule has 0 atom stereocenters. The van der Waals surface area contributed by atoms with Crippen LogP contribution in [-0.4, -0.2) is 30.2 Å². The van der Waals surface area contributed by atoms with Gasteiger partial charge in [0, 0.05) is 7.05 Å². The highest BCUT2D eigenvalue weighted by Crippen LogP contribution is 2.33. The van der Waals surface area contributed by atoms with E-state index >= 15 is 0 Å². The highest BCUT2D eigenvalue weighted by atomic mass is 35.5. The third kappa shape index (κ3) is 3.46. The van der Waals surface area contributed by atoms with Crippen LogP contribution >= 0.6 is 11.6 Å². The zero-order valence-corrected chi connectivity index (χ0v) is 13.9. The highest BCUT2D eigenvalue weighted by molar-refractivity contribution is 7.86. The number of aryl methyl sites for hydroxylation is 1. The van der Waals surface area contributed by atoms with Crippen molar-refractivity contribution in [3.63, 3.8) is 0 Å². The van der Waals surface area contributed by atoms with Gasteiger partial charge in [0.1, 0.15) is 4.90 Å². The first-order valence-corrected chi connectivity index (χ1v) is 8.24. The van der Waals surface area contributed by atoms with Crippen LogP contribution in [0, 0.1) is 0 Å². The molecule has 0 radical (unpaired) electrons. The molecule has 6 nitrogen and oxygen atoms in total. The largest absolute Gasteiger partial charge is 0.453 e. The van der Waals surface area contributed by atoms with Gasteiger partial charge < -0.3 is 5.32 Å². The Morgan fingerprint density at radius 3 is 2.42 bits per heavy atom. The van der Waals surface area contributed by atoms with Crippen LogP contribution in [0.25, 0.3) is 5.69 Å². The van der Waals surface area contributed by atoms with Gasteiger partial charge in [-0.2, -0.15) is 31.3 Å². The first kappa shape index (κ1) is 18.5. The number of alkyl halides is 3. The Balaban J connectivity index is 2.76. The van der Waals surface area contributed by atoms with E-state index in [1.165, 1.54) is 7.05 Å². The number of hydrogen-bond acceptors (Lipinski definition) is 5. The first-order chi connectivity index (χ1) is 11.0. The molecule has 2 aromatic rings. The van der Waals surface area contributed by atoms with E-state index in [1.54, 1.807) is 6.92 Å². The van der Waals surface area contributed by atoms with Crippen LogP contribution in [0.15, 0.2) is 17.0 Å². The summed E-state index contributed by atoms with van der Waals surface area (Å²) in [5, 5.41) is 5.56. The molecule has 24 heavy (non-hydrogen) atoms. The number of aromatic nitrogens is 3. The van der Waals surface area contributed by atoms with E-state index < -0.39 is 27.1 Å². The van der Waals surface area contributed by atoms with E-state index in [9.17, 15) is 25.5 Å². The van der Waals surface area contributed by atoms with Gasteiger partial charge in [0.15, 0.2) is 0 Å². The summed E-state index contributed by atoms with van der Waals surface area (Å²) in [6, 6.07) is 1.99. The molecule has 1 N–H and O–H groups in total. The van der Waals surface area contributed by atoms with Gasteiger partial charge in [0.2, 0.25) is 5.95 Å². The van der Waals surface area contributed by atoms with Gasteiger partial charge in [-0.3, -0.25) is 0 Å². The maximum atomic E-state index is 13.5. The Labute approximate surface area is 139 Å². The molecule has 0 aliphatic rings. The monoisotopic (exact) mass is 386 g/mol. The fourth-order valence-electron chi connectivity index (χ4n) is 2.01. The van der Waals surface area contributed by atoms with E-state index in [0.29, 0.717) is 4.68 Å². The van der Waals surface area contributed by atoms with Crippen LogP contribution in [0.4, 0.5) is 23.0 Å². The third-order valence-electron chi connectivity index (χ3n) is 3.09. The maximum Gasteiger partial charge on any atom is 0.453 e. The van der Waals surface area contributed by atoms with Crippen LogP contribution in [0.1, 0.15) is 18.3 Å². The second kappa shape index (κ2) is 6.20. The van der Waals surface area contributed by atoms with Crippen molar-refractivity contribution >= 4 is 27.8 Å². The van der Waals surface area contributed by atoms with E-state index in [2.05, 4.69) is 15.4 Å². The van der Waals surface area contributed by atoms with Crippen molar-refractivity contribution in [2.24, 2.45) is 0 Å². The zero-order chi connectivity index (χ0) is 18.3. The standard InChI is InChI=1S/C12H11ClF4N4O2S/c1-3-6-4-7(13)8(5-9(6)24(17,22)23)21-11(18-2)19-10(20-21)12(14,15)16/h4-5H,3H2,1-2H3,(H,18,19,20). The zero-order valence-electron chi connectivity index (χ0n) is 12.3. The predicted molar refractivity (Wildman–Crippen MR) is 78.6 cm³/mol. The van der Waals surface area contributed by atoms with Gasteiger partial charge in [0.05, 0.1) is 10.7 Å². The minimum absolute atomic E-state index is 0.0911. The molecule has 1 aromatic carbocycles. The van der Waals surface area contributed by atoms with Crippen LogP contribution in [0.2, 0.25) is 5.02 Å². The molecule has 12 heteroatoms. The Kier molecular flexibility index (Phi) is 4.77. The van der Waals surface area contributed by atoms with Crippen molar-refractivity contribution in [3.8, 4) is 5.69 Å². The summed E-state index contributed by atoms with van der Waals surface area (Å²) in [6.45, 7) is 1.58. The third-order valence-corrected chi connectivity index (χ3v) is 4.29. The lowest BCUT2D eigenvalue weighted by atomic mass is 10.1. The summed E-state index contributed by atoms with van der Waals surface area (Å²) in [5.74, 6) is -1.79. The van der Waals surface area contributed by atoms with Gasteiger partial charge in [0.25, 0.3) is 5.82 Å². The number of hydrogen-bond donors (Lipinski definition) is 1. The first-order valence-electron chi connectivity index (χ1n) is 6.48. The number of halogens is 5. The van der Waals surface area contributed by atoms with Gasteiger partial charge in [-0.05, 0) is 24.1 Å². The molecule has 0 fully saturated rings. The van der Waals surface area contributed by atoms with Crippen molar-refractivity contribution in [2.75, 3.05) is 12.4 Å². The Hall–Kier alpha value is -1.88. The normalized spacial score (nSPS) is 12.5. The fraction of sp³-hybridized carbons (Fsp3) is 0.333. The Bertz CT molecular complexity index is 880. The molecule has 0 saturated heterocycles. The lowest BCUT2D eigenvalue weighted by Crippen LogP contribution is -2.09. The quantitative estimate of drug-likeness (QED) is 0.645. The molecular weight excluding hydrogens is 376 g/mol. The minimum Gasteiger partial charge on any atom is -0.357 e. The van der Waals surface area contributed by atoms with Gasteiger partial charge in [-0.15, -0.1) is 8.98 Å². The maximum absolute atomic E-state index is 13.5. The van der Waals surface area contributed by atoms with Gasteiger partial charge >= 0.3 is 16.4 Å². The SMILES string of the molecule is CCc1cc(Cl)c(-n2nc(C(F)(F)F)nc2NC)cc1S(=O)(=O)F. The number of rotatable bonds is 4. The van der Waals surface area contributed by atoms with Crippen molar-refractivity contribution in [2.45, 2.75) is 24.4 Å². The molecule has 0 spiro atoms. The van der Waals surface area contributed by atoms with Crippen molar-refractivity contribution in [3.05, 3.63) is 28.5 Å². The van der Waals surface area contributed by atoms with E-state index in [-0.39, 0.29) is 28.6 Å². The van der Waals surface area contributed by atoms with Crippen LogP contribution in [-0.2, 0) is 22.8 Å². The lowest BCUT2D eigenvalue weighted by Gasteiger charge is -2.11. The molecule has 0 saturated carbocycles. The van der Waals surface area contributed by atoms with Gasteiger partial charge in [-0.25, -0.2) is 0 Å². The summed E-state index contributed by atoms with van der Waals surface area (Å²) in [6.07, 6.45) is -4.66. The molecule has 0 aliphatic carbocycles. The Morgan fingerprint density at radius 1 is 1.33 bits per heavy atom. The minimum atomic E-state index is -5.10. The highest BCUT2D eigenvalue weighted by Gasteiger charge is 2.37. The number of anilines is 1. The second-order valence-electron chi connectivity index (χ2n) is 4.62. The smallest absolute Gasteiger partial charge is 0.357 e. The van der Waals surface area contributed by atoms with Crippen LogP contribution in [0.3, 0.4) is 0 Å². The summed E-state index contributed by atoms with van der Waals surface area (Å²) in [5.41, 5.74) is -0.161. The fourth-order valence-corrected chi connectivity index (χ4v) is 3.05. The average Bonchev–Trinajstić information content (AvgIpc) is 2.89.